The minimum atomic E-state index is -0.265. The summed E-state index contributed by atoms with van der Waals surface area (Å²) in [6, 6.07) is 18.7. The summed E-state index contributed by atoms with van der Waals surface area (Å²) in [5.74, 6) is 0.822. The van der Waals surface area contributed by atoms with Gasteiger partial charge in [0.05, 0.1) is 30.7 Å². The predicted octanol–water partition coefficient (Wildman–Crippen LogP) is 6.01. The van der Waals surface area contributed by atoms with Crippen molar-refractivity contribution in [3.8, 4) is 5.75 Å². The van der Waals surface area contributed by atoms with E-state index < -0.39 is 0 Å². The molecule has 0 spiro atoms. The standard InChI is InChI=1S/C22H23ClN2O3S/c1-15(20-10-11-21(23)29-20)24-22(26)25-18-5-3-4-17(12-18)14-28-13-16-6-8-19(27-2)9-7-16/h3-12,15H,13-14H2,1-2H3,(H2,24,25,26). The number of rotatable bonds is 8. The minimum absolute atomic E-state index is 0.122. The molecule has 0 saturated heterocycles. The molecule has 1 heterocycles. The summed E-state index contributed by atoms with van der Waals surface area (Å²) in [4.78, 5) is 13.3. The first-order valence-electron chi connectivity index (χ1n) is 9.16. The quantitative estimate of drug-likeness (QED) is 0.460. The van der Waals surface area contributed by atoms with Crippen LogP contribution in [0.15, 0.2) is 60.7 Å². The number of anilines is 1. The van der Waals surface area contributed by atoms with Gasteiger partial charge < -0.3 is 20.1 Å². The van der Waals surface area contributed by atoms with Gasteiger partial charge in [-0.1, -0.05) is 35.9 Å². The van der Waals surface area contributed by atoms with Gasteiger partial charge in [-0.3, -0.25) is 0 Å². The topological polar surface area (TPSA) is 59.6 Å². The van der Waals surface area contributed by atoms with Crippen LogP contribution in [0.5, 0.6) is 5.75 Å². The van der Waals surface area contributed by atoms with Crippen LogP contribution in [-0.2, 0) is 18.0 Å². The highest BCUT2D eigenvalue weighted by molar-refractivity contribution is 7.16. The lowest BCUT2D eigenvalue weighted by Gasteiger charge is -2.14. The van der Waals surface area contributed by atoms with Crippen LogP contribution in [0.1, 0.15) is 29.0 Å². The van der Waals surface area contributed by atoms with Gasteiger partial charge in [-0.05, 0) is 54.4 Å². The lowest BCUT2D eigenvalue weighted by atomic mass is 10.2. The summed E-state index contributed by atoms with van der Waals surface area (Å²) in [6.45, 7) is 2.88. The fourth-order valence-electron chi connectivity index (χ4n) is 2.74. The fraction of sp³-hybridized carbons (Fsp3) is 0.227. The van der Waals surface area contributed by atoms with Gasteiger partial charge in [0.2, 0.25) is 0 Å². The van der Waals surface area contributed by atoms with Crippen molar-refractivity contribution in [1.82, 2.24) is 5.32 Å². The Balaban J connectivity index is 1.48. The van der Waals surface area contributed by atoms with Gasteiger partial charge in [0, 0.05) is 10.6 Å². The molecule has 0 aliphatic heterocycles. The molecular formula is C22H23ClN2O3S. The van der Waals surface area contributed by atoms with Gasteiger partial charge in [-0.2, -0.15) is 0 Å². The first-order valence-corrected chi connectivity index (χ1v) is 10.4. The summed E-state index contributed by atoms with van der Waals surface area (Å²) in [5.41, 5.74) is 2.76. The summed E-state index contributed by atoms with van der Waals surface area (Å²) in [5, 5.41) is 5.77. The summed E-state index contributed by atoms with van der Waals surface area (Å²) in [7, 11) is 1.64. The molecule has 0 aliphatic rings. The van der Waals surface area contributed by atoms with Crippen molar-refractivity contribution in [3.63, 3.8) is 0 Å². The Morgan fingerprint density at radius 2 is 1.83 bits per heavy atom. The van der Waals surface area contributed by atoms with E-state index in [1.54, 1.807) is 7.11 Å². The number of benzene rings is 2. The molecular weight excluding hydrogens is 408 g/mol. The molecule has 0 aliphatic carbocycles. The van der Waals surface area contributed by atoms with Gasteiger partial charge in [-0.15, -0.1) is 11.3 Å². The van der Waals surface area contributed by atoms with E-state index in [0.717, 1.165) is 21.8 Å². The number of thiophene rings is 1. The molecule has 2 N–H and O–H groups in total. The maximum Gasteiger partial charge on any atom is 0.319 e. The van der Waals surface area contributed by atoms with Crippen LogP contribution in [0.2, 0.25) is 4.34 Å². The first-order chi connectivity index (χ1) is 14.0. The van der Waals surface area contributed by atoms with E-state index in [1.165, 1.54) is 11.3 Å². The largest absolute Gasteiger partial charge is 0.497 e. The maximum absolute atomic E-state index is 12.3. The highest BCUT2D eigenvalue weighted by Crippen LogP contribution is 2.26. The number of ether oxygens (including phenoxy) is 2. The molecule has 2 amide bonds. The number of amides is 2. The molecule has 0 saturated carbocycles. The molecule has 3 aromatic rings. The predicted molar refractivity (Wildman–Crippen MR) is 118 cm³/mol. The maximum atomic E-state index is 12.3. The average molecular weight is 431 g/mol. The molecule has 152 valence electrons. The van der Waals surface area contributed by atoms with E-state index in [0.29, 0.717) is 23.2 Å². The van der Waals surface area contributed by atoms with Crippen molar-refractivity contribution >= 4 is 34.7 Å². The number of nitrogens with one attached hydrogen (secondary N) is 2. The van der Waals surface area contributed by atoms with Crippen molar-refractivity contribution < 1.29 is 14.3 Å². The van der Waals surface area contributed by atoms with E-state index in [1.807, 2.05) is 67.6 Å². The number of hydrogen-bond acceptors (Lipinski definition) is 4. The van der Waals surface area contributed by atoms with Crippen molar-refractivity contribution in [2.75, 3.05) is 12.4 Å². The second-order valence-corrected chi connectivity index (χ2v) is 8.25. The Morgan fingerprint density at radius 3 is 2.52 bits per heavy atom. The lowest BCUT2D eigenvalue weighted by Crippen LogP contribution is -2.30. The first kappa shape index (κ1) is 21.2. The Morgan fingerprint density at radius 1 is 1.07 bits per heavy atom. The summed E-state index contributed by atoms with van der Waals surface area (Å²) in [6.07, 6.45) is 0. The van der Waals surface area contributed by atoms with E-state index in [-0.39, 0.29) is 12.1 Å². The number of urea groups is 1. The van der Waals surface area contributed by atoms with Crippen LogP contribution in [0.3, 0.4) is 0 Å². The molecule has 0 bridgehead atoms. The Labute approximate surface area is 179 Å². The molecule has 1 atom stereocenters. The Hall–Kier alpha value is -2.54. The zero-order chi connectivity index (χ0) is 20.6. The van der Waals surface area contributed by atoms with Crippen molar-refractivity contribution in [3.05, 3.63) is 81.0 Å². The molecule has 0 radical (unpaired) electrons. The zero-order valence-electron chi connectivity index (χ0n) is 16.3. The summed E-state index contributed by atoms with van der Waals surface area (Å²) >= 11 is 7.41. The van der Waals surface area contributed by atoms with Crippen molar-refractivity contribution in [2.45, 2.75) is 26.2 Å². The SMILES string of the molecule is COc1ccc(COCc2cccc(NC(=O)NC(C)c3ccc(Cl)s3)c2)cc1. The number of carbonyl (C=O) groups is 1. The van der Waals surface area contributed by atoms with E-state index in [9.17, 15) is 4.79 Å². The third-order valence-corrected chi connectivity index (χ3v) is 5.66. The summed E-state index contributed by atoms with van der Waals surface area (Å²) < 4.78 is 11.6. The lowest BCUT2D eigenvalue weighted by molar-refractivity contribution is 0.107. The van der Waals surface area contributed by atoms with Crippen molar-refractivity contribution in [1.29, 1.82) is 0 Å². The van der Waals surface area contributed by atoms with Gasteiger partial charge in [0.25, 0.3) is 0 Å². The molecule has 0 fully saturated rings. The molecule has 29 heavy (non-hydrogen) atoms. The Kier molecular flexibility index (Phi) is 7.52. The number of halogens is 1. The number of hydrogen-bond donors (Lipinski definition) is 2. The molecule has 3 rings (SSSR count). The normalized spacial score (nSPS) is 11.7. The highest BCUT2D eigenvalue weighted by atomic mass is 35.5. The van der Waals surface area contributed by atoms with Crippen LogP contribution in [-0.4, -0.2) is 13.1 Å². The van der Waals surface area contributed by atoms with Gasteiger partial charge >= 0.3 is 6.03 Å². The van der Waals surface area contributed by atoms with Gasteiger partial charge in [0.1, 0.15) is 5.75 Å². The number of carbonyl (C=O) groups excluding carboxylic acids is 1. The smallest absolute Gasteiger partial charge is 0.319 e. The van der Waals surface area contributed by atoms with Gasteiger partial charge in [-0.25, -0.2) is 4.79 Å². The van der Waals surface area contributed by atoms with Crippen molar-refractivity contribution in [2.24, 2.45) is 0 Å². The van der Waals surface area contributed by atoms with E-state index in [4.69, 9.17) is 21.1 Å². The third-order valence-electron chi connectivity index (χ3n) is 4.25. The van der Waals surface area contributed by atoms with Crippen LogP contribution in [0.25, 0.3) is 0 Å². The van der Waals surface area contributed by atoms with Crippen LogP contribution >= 0.6 is 22.9 Å². The average Bonchev–Trinajstić information content (AvgIpc) is 3.15. The second-order valence-electron chi connectivity index (χ2n) is 6.50. The minimum Gasteiger partial charge on any atom is -0.497 e. The fourth-order valence-corrected chi connectivity index (χ4v) is 3.81. The van der Waals surface area contributed by atoms with E-state index >= 15 is 0 Å². The molecule has 2 aromatic carbocycles. The van der Waals surface area contributed by atoms with Crippen LogP contribution in [0, 0.1) is 0 Å². The molecule has 5 nitrogen and oxygen atoms in total. The third kappa shape index (κ3) is 6.49. The van der Waals surface area contributed by atoms with E-state index in [2.05, 4.69) is 10.6 Å². The second kappa shape index (κ2) is 10.3. The van der Waals surface area contributed by atoms with Crippen LogP contribution < -0.4 is 15.4 Å². The molecule has 7 heteroatoms. The number of methoxy groups -OCH3 is 1. The van der Waals surface area contributed by atoms with Gasteiger partial charge in [0.15, 0.2) is 0 Å². The monoisotopic (exact) mass is 430 g/mol. The van der Waals surface area contributed by atoms with Crippen LogP contribution in [0.4, 0.5) is 10.5 Å². The molecule has 1 unspecified atom stereocenters. The zero-order valence-corrected chi connectivity index (χ0v) is 17.8. The Bertz CT molecular complexity index is 943. The molecule has 1 aromatic heterocycles. The highest BCUT2D eigenvalue weighted by Gasteiger charge is 2.12.